The van der Waals surface area contributed by atoms with Crippen molar-refractivity contribution >= 4 is 28.3 Å². The summed E-state index contributed by atoms with van der Waals surface area (Å²) in [6.07, 6.45) is 0. The second kappa shape index (κ2) is 8.74. The lowest BCUT2D eigenvalue weighted by molar-refractivity contribution is -0.00000499. The van der Waals surface area contributed by atoms with Crippen LogP contribution in [0.2, 0.25) is 0 Å². The summed E-state index contributed by atoms with van der Waals surface area (Å²) in [5.74, 6) is 1.68. The Morgan fingerprint density at radius 1 is 1.13 bits per heavy atom. The van der Waals surface area contributed by atoms with Crippen LogP contribution >= 0.6 is 11.8 Å². The number of nitrogens with one attached hydrogen (secondary N) is 1. The smallest absolute Gasteiger partial charge is 0.182 e. The van der Waals surface area contributed by atoms with Crippen LogP contribution in [0.25, 0.3) is 0 Å². The lowest BCUT2D eigenvalue weighted by Gasteiger charge is -2.15. The largest absolute Gasteiger partial charge is 1.00 e. The molecule has 23 heavy (non-hydrogen) atoms. The first kappa shape index (κ1) is 17.6. The average Bonchev–Trinajstić information content (AvgIpc) is 2.58. The molecule has 0 amide bonds. The summed E-state index contributed by atoms with van der Waals surface area (Å²) in [4.78, 5) is 4.53. The topological polar surface area (TPSA) is 46.0 Å². The second-order valence-electron chi connectivity index (χ2n) is 4.67. The Kier molecular flexibility index (Phi) is 6.67. The number of amidine groups is 1. The maximum Gasteiger partial charge on any atom is 0.182 e. The van der Waals surface area contributed by atoms with E-state index in [4.69, 9.17) is 4.74 Å². The Labute approximate surface area is 150 Å². The highest BCUT2D eigenvalue weighted by Gasteiger charge is 2.13. The molecule has 0 saturated heterocycles. The summed E-state index contributed by atoms with van der Waals surface area (Å²) < 4.78 is 5.45. The van der Waals surface area contributed by atoms with E-state index in [-0.39, 0.29) is 17.0 Å². The zero-order valence-electron chi connectivity index (χ0n) is 12.7. The van der Waals surface area contributed by atoms with Crippen molar-refractivity contribution in [2.45, 2.75) is 6.92 Å². The first-order chi connectivity index (χ1) is 10.8. The van der Waals surface area contributed by atoms with Gasteiger partial charge in [-0.25, -0.2) is 4.99 Å². The molecule has 2 aromatic carbocycles. The van der Waals surface area contributed by atoms with Crippen LogP contribution in [0.1, 0.15) is 12.5 Å². The van der Waals surface area contributed by atoms with Gasteiger partial charge in [-0.3, -0.25) is 5.43 Å². The summed E-state index contributed by atoms with van der Waals surface area (Å²) in [7, 11) is 0. The van der Waals surface area contributed by atoms with Crippen LogP contribution in [-0.2, 0) is 0 Å². The Balaban J connectivity index is 0.00000192. The quantitative estimate of drug-likeness (QED) is 0.840. The number of hydrogen-bond acceptors (Lipinski definition) is 4. The predicted molar refractivity (Wildman–Crippen MR) is 93.3 cm³/mol. The third-order valence-electron chi connectivity index (χ3n) is 3.12. The van der Waals surface area contributed by atoms with Gasteiger partial charge in [0.2, 0.25) is 0 Å². The third kappa shape index (κ3) is 4.84. The van der Waals surface area contributed by atoms with Crippen molar-refractivity contribution < 1.29 is 21.7 Å². The standard InChI is InChI=1S/C17H17N3OS.BrH/c1-2-21-15-10-8-13(9-11-15)16-12-22-17(20-19-16)18-14-6-4-3-5-7-14;/h3-11H,2,12H2,1H3,(H,18,20);1H/p-1. The molecule has 0 saturated carbocycles. The van der Waals surface area contributed by atoms with Crippen molar-refractivity contribution in [1.82, 2.24) is 5.43 Å². The van der Waals surface area contributed by atoms with Crippen LogP contribution in [0.3, 0.4) is 0 Å². The van der Waals surface area contributed by atoms with Gasteiger partial charge in [0.1, 0.15) is 5.75 Å². The van der Waals surface area contributed by atoms with Gasteiger partial charge in [0.15, 0.2) is 5.17 Å². The van der Waals surface area contributed by atoms with E-state index in [1.54, 1.807) is 11.8 Å². The molecule has 0 aliphatic carbocycles. The molecule has 2 aromatic rings. The summed E-state index contributed by atoms with van der Waals surface area (Å²) in [5, 5.41) is 5.25. The van der Waals surface area contributed by atoms with Crippen molar-refractivity contribution in [3.63, 3.8) is 0 Å². The van der Waals surface area contributed by atoms with Crippen molar-refractivity contribution in [1.29, 1.82) is 0 Å². The van der Waals surface area contributed by atoms with E-state index < -0.39 is 0 Å². The van der Waals surface area contributed by atoms with Crippen molar-refractivity contribution in [3.05, 3.63) is 60.2 Å². The number of halogens is 1. The van der Waals surface area contributed by atoms with Gasteiger partial charge in [-0.15, -0.1) is 0 Å². The van der Waals surface area contributed by atoms with E-state index in [2.05, 4.69) is 15.5 Å². The molecule has 0 radical (unpaired) electrons. The van der Waals surface area contributed by atoms with E-state index in [0.717, 1.165) is 33.6 Å². The van der Waals surface area contributed by atoms with Crippen LogP contribution in [0, 0.1) is 0 Å². The second-order valence-corrected chi connectivity index (χ2v) is 5.63. The van der Waals surface area contributed by atoms with Crippen molar-refractivity contribution in [3.8, 4) is 5.75 Å². The Morgan fingerprint density at radius 3 is 2.48 bits per heavy atom. The van der Waals surface area contributed by atoms with Crippen LogP contribution in [0.5, 0.6) is 5.75 Å². The molecule has 120 valence electrons. The molecule has 4 nitrogen and oxygen atoms in total. The summed E-state index contributed by atoms with van der Waals surface area (Å²) in [5.41, 5.74) is 6.07. The Hall–Kier alpha value is -1.79. The average molecular weight is 391 g/mol. The van der Waals surface area contributed by atoms with Gasteiger partial charge in [0.25, 0.3) is 0 Å². The maximum absolute atomic E-state index is 5.45. The summed E-state index contributed by atoms with van der Waals surface area (Å²) >= 11 is 1.65. The van der Waals surface area contributed by atoms with Gasteiger partial charge < -0.3 is 21.7 Å². The summed E-state index contributed by atoms with van der Waals surface area (Å²) in [6.45, 7) is 2.66. The van der Waals surface area contributed by atoms with Gasteiger partial charge >= 0.3 is 0 Å². The molecule has 1 aliphatic rings. The highest BCUT2D eigenvalue weighted by Crippen LogP contribution is 2.19. The molecule has 0 aromatic heterocycles. The van der Waals surface area contributed by atoms with Crippen LogP contribution in [0.15, 0.2) is 64.7 Å². The molecule has 1 aliphatic heterocycles. The minimum atomic E-state index is 0. The number of aliphatic imine (C=N–C) groups is 1. The number of rotatable bonds is 4. The number of hydrazone groups is 1. The molecule has 0 spiro atoms. The lowest BCUT2D eigenvalue weighted by atomic mass is 10.1. The van der Waals surface area contributed by atoms with Crippen LogP contribution < -0.4 is 27.1 Å². The number of nitrogens with zero attached hydrogens (tertiary/aromatic N) is 2. The van der Waals surface area contributed by atoms with E-state index in [1.807, 2.05) is 61.5 Å². The Morgan fingerprint density at radius 2 is 1.87 bits per heavy atom. The zero-order valence-corrected chi connectivity index (χ0v) is 15.1. The monoisotopic (exact) mass is 390 g/mol. The highest BCUT2D eigenvalue weighted by atomic mass is 79.9. The van der Waals surface area contributed by atoms with E-state index in [1.165, 1.54) is 0 Å². The molecule has 0 atom stereocenters. The fraction of sp³-hybridized carbons (Fsp3) is 0.176. The first-order valence-electron chi connectivity index (χ1n) is 7.17. The molecule has 3 rings (SSSR count). The van der Waals surface area contributed by atoms with E-state index in [9.17, 15) is 0 Å². The molecular formula is C17H17BrN3OS-. The molecular weight excluding hydrogens is 374 g/mol. The molecule has 0 unspecified atom stereocenters. The van der Waals surface area contributed by atoms with Gasteiger partial charge in [-0.1, -0.05) is 30.0 Å². The van der Waals surface area contributed by atoms with Gasteiger partial charge in [0.05, 0.1) is 18.0 Å². The number of benzene rings is 2. The fourth-order valence-electron chi connectivity index (χ4n) is 2.05. The zero-order chi connectivity index (χ0) is 15.2. The predicted octanol–water partition coefficient (Wildman–Crippen LogP) is 0.817. The van der Waals surface area contributed by atoms with Crippen molar-refractivity contribution in [2.75, 3.05) is 12.4 Å². The molecule has 0 fully saturated rings. The van der Waals surface area contributed by atoms with Crippen molar-refractivity contribution in [2.24, 2.45) is 10.1 Å². The highest BCUT2D eigenvalue weighted by molar-refractivity contribution is 8.14. The SMILES string of the molecule is CCOc1ccc(C2=NNC(=Nc3ccccc3)SC2)cc1.[Br-]. The van der Waals surface area contributed by atoms with Crippen LogP contribution in [0.4, 0.5) is 5.69 Å². The van der Waals surface area contributed by atoms with Gasteiger partial charge in [0, 0.05) is 5.75 Å². The minimum absolute atomic E-state index is 0. The first-order valence-corrected chi connectivity index (χ1v) is 8.16. The number of thioether (sulfide) groups is 1. The molecule has 1 N–H and O–H groups in total. The van der Waals surface area contributed by atoms with Gasteiger partial charge in [-0.2, -0.15) is 5.10 Å². The molecule has 1 heterocycles. The molecule has 6 heteroatoms. The van der Waals surface area contributed by atoms with E-state index >= 15 is 0 Å². The number of hydrogen-bond donors (Lipinski definition) is 1. The third-order valence-corrected chi connectivity index (χ3v) is 3.99. The van der Waals surface area contributed by atoms with E-state index in [0.29, 0.717) is 6.61 Å². The lowest BCUT2D eigenvalue weighted by Crippen LogP contribution is -3.00. The number of ether oxygens (including phenoxy) is 1. The minimum Gasteiger partial charge on any atom is -1.00 e. The van der Waals surface area contributed by atoms with Gasteiger partial charge in [-0.05, 0) is 48.9 Å². The normalized spacial score (nSPS) is 15.3. The molecule has 0 bridgehead atoms. The Bertz CT molecular complexity index is 687. The maximum atomic E-state index is 5.45. The number of para-hydroxylation sites is 1. The van der Waals surface area contributed by atoms with Crippen LogP contribution in [-0.4, -0.2) is 23.2 Å². The fourth-order valence-corrected chi connectivity index (χ4v) is 2.84. The summed E-state index contributed by atoms with van der Waals surface area (Å²) in [6, 6.07) is 17.9.